The monoisotopic (exact) mass is 1320 g/mol. The molecule has 9 fully saturated rings. The van der Waals surface area contributed by atoms with Crippen LogP contribution in [0.1, 0.15) is 361 Å². The molecule has 0 aromatic heterocycles. The lowest BCUT2D eigenvalue weighted by Crippen LogP contribution is -2.48. The van der Waals surface area contributed by atoms with Crippen LogP contribution in [-0.4, -0.2) is 6.17 Å². The van der Waals surface area contributed by atoms with Crippen LogP contribution in [0.5, 0.6) is 0 Å². The van der Waals surface area contributed by atoms with E-state index in [4.69, 9.17) is 5.48 Å². The summed E-state index contributed by atoms with van der Waals surface area (Å²) in [7, 11) is 0. The Hall–Kier alpha value is -3.97. The van der Waals surface area contributed by atoms with E-state index in [1.54, 1.807) is 83.1 Å². The predicted molar refractivity (Wildman–Crippen MR) is 428 cm³/mol. The van der Waals surface area contributed by atoms with E-state index in [0.29, 0.717) is 29.2 Å². The summed E-state index contributed by atoms with van der Waals surface area (Å²) in [5.41, 5.74) is 18.3. The van der Waals surface area contributed by atoms with Crippen LogP contribution >= 0.6 is 0 Å². The summed E-state index contributed by atoms with van der Waals surface area (Å²) in [4.78, 5) is 0. The van der Waals surface area contributed by atoms with Crippen molar-refractivity contribution in [3.05, 3.63) is 175 Å². The predicted octanol–water partition coefficient (Wildman–Crippen LogP) is 30.0. The van der Waals surface area contributed by atoms with Crippen LogP contribution < -0.4 is 0 Å². The molecular weight excluding hydrogens is 1160 g/mol. The van der Waals surface area contributed by atoms with Crippen molar-refractivity contribution in [1.82, 2.24) is 0 Å². The van der Waals surface area contributed by atoms with E-state index in [1.807, 2.05) is 19.9 Å². The van der Waals surface area contributed by atoms with Crippen molar-refractivity contribution in [2.45, 2.75) is 344 Å². The molecule has 5 aromatic rings. The van der Waals surface area contributed by atoms with E-state index in [0.717, 1.165) is 94.8 Å². The first-order chi connectivity index (χ1) is 47.0. The van der Waals surface area contributed by atoms with Gasteiger partial charge in [0, 0.05) is 0 Å². The minimum Gasteiger partial charge on any atom is -0.248 e. The number of aryl methyl sites for hydroxylation is 7. The molecule has 9 aliphatic rings. The molecule has 0 atom stereocenters. The van der Waals surface area contributed by atoms with E-state index in [2.05, 4.69) is 218 Å². The molecule has 8 bridgehead atoms. The number of hydrogen-bond acceptors (Lipinski definition) is 0. The van der Waals surface area contributed by atoms with E-state index in [-0.39, 0.29) is 30.1 Å². The maximum Gasteiger partial charge on any atom is 0.0945 e. The first-order valence-corrected chi connectivity index (χ1v) is 40.0. The van der Waals surface area contributed by atoms with Gasteiger partial charge in [-0.05, 0) is 312 Å². The van der Waals surface area contributed by atoms with Crippen LogP contribution in [-0.2, 0) is 12.8 Å². The highest BCUT2D eigenvalue weighted by molar-refractivity contribution is 5.40. The topological polar surface area (TPSA) is 0 Å². The summed E-state index contributed by atoms with van der Waals surface area (Å²) in [5.74, 6) is 15.7. The fraction of sp³-hybridized carbons (Fsp3) is 0.684. The SMILES string of the molecule is CC(C)C12CC3CC(CC(C3)C1)C2.CC(C)C1C2CC3CC(C2)CC1C3.CC(C)C1CCCCCCC1.CC(C)F.CC(C)c1ccccc1.CCc1cccc(CC)c1C(C)C.Cc1cc(C)c(C(C)C)c(C)c1.Cc1cccc(C)c1C(C)C.[2H]c1c([2H])c([2H])c(C(C)C)c(C)c1[2H]. The minimum absolute atomic E-state index is 0.0784. The van der Waals surface area contributed by atoms with Crippen molar-refractivity contribution in [1.29, 1.82) is 0 Å². The van der Waals surface area contributed by atoms with Crippen molar-refractivity contribution in [2.24, 2.45) is 76.4 Å². The Morgan fingerprint density at radius 3 is 1.17 bits per heavy atom. The Kier molecular flexibility index (Phi) is 34.3. The normalized spacial score (nSPS) is 24.1. The first-order valence-electron chi connectivity index (χ1n) is 42.0. The second kappa shape index (κ2) is 42.3. The summed E-state index contributed by atoms with van der Waals surface area (Å²) in [5, 5.41) is 0. The highest BCUT2D eigenvalue weighted by Gasteiger charge is 2.52. The largest absolute Gasteiger partial charge is 0.248 e. The zero-order chi connectivity index (χ0) is 75.0. The molecule has 1 heteroatoms. The van der Waals surface area contributed by atoms with Crippen LogP contribution in [0.4, 0.5) is 4.39 Å². The molecule has 14 rings (SSSR count). The zero-order valence-electron chi connectivity index (χ0n) is 71.4. The second-order valence-electron chi connectivity index (χ2n) is 34.6. The lowest BCUT2D eigenvalue weighted by molar-refractivity contribution is -0.0789. The molecule has 0 N–H and O–H groups in total. The third kappa shape index (κ3) is 27.2. The van der Waals surface area contributed by atoms with Gasteiger partial charge in [-0.2, -0.15) is 0 Å². The van der Waals surface area contributed by atoms with Gasteiger partial charge in [-0.15, -0.1) is 0 Å². The summed E-state index contributed by atoms with van der Waals surface area (Å²) in [6.45, 7) is 56.6. The van der Waals surface area contributed by atoms with E-state index in [9.17, 15) is 4.39 Å². The lowest BCUT2D eigenvalue weighted by Gasteiger charge is -2.58. The number of hydrogen-bond donors (Lipinski definition) is 0. The van der Waals surface area contributed by atoms with Gasteiger partial charge in [0.15, 0.2) is 0 Å². The Balaban J connectivity index is 0.000000241. The van der Waals surface area contributed by atoms with Gasteiger partial charge in [0.05, 0.1) is 11.7 Å². The molecule has 0 spiro atoms. The van der Waals surface area contributed by atoms with Crippen molar-refractivity contribution in [3.8, 4) is 0 Å². The molecule has 540 valence electrons. The van der Waals surface area contributed by atoms with Gasteiger partial charge in [-0.3, -0.25) is 0 Å². The second-order valence-corrected chi connectivity index (χ2v) is 34.6. The average Bonchev–Trinajstić information content (AvgIpc) is 0.755. The van der Waals surface area contributed by atoms with Crippen molar-refractivity contribution >= 4 is 0 Å². The number of benzene rings is 5. The fourth-order valence-electron chi connectivity index (χ4n) is 19.8. The van der Waals surface area contributed by atoms with Crippen molar-refractivity contribution in [2.75, 3.05) is 0 Å². The van der Waals surface area contributed by atoms with Gasteiger partial charge in [-0.1, -0.05) is 278 Å². The molecular formula is C95H153F. The maximum absolute atomic E-state index is 11.0. The van der Waals surface area contributed by atoms with E-state index in [1.165, 1.54) is 114 Å². The Morgan fingerprint density at radius 2 is 0.812 bits per heavy atom. The molecule has 9 saturated carbocycles. The molecule has 96 heavy (non-hydrogen) atoms. The summed E-state index contributed by atoms with van der Waals surface area (Å²) in [6, 6.07) is 28.1. The third-order valence-electron chi connectivity index (χ3n) is 23.5. The molecule has 0 aliphatic heterocycles. The maximum atomic E-state index is 11.0. The van der Waals surface area contributed by atoms with Crippen LogP contribution in [0, 0.1) is 118 Å². The van der Waals surface area contributed by atoms with E-state index >= 15 is 0 Å². The van der Waals surface area contributed by atoms with Crippen LogP contribution in [0.2, 0.25) is 0 Å². The van der Waals surface area contributed by atoms with Gasteiger partial charge in [0.1, 0.15) is 0 Å². The lowest BCUT2D eigenvalue weighted by atomic mass is 9.47. The van der Waals surface area contributed by atoms with Crippen molar-refractivity contribution in [3.63, 3.8) is 0 Å². The van der Waals surface area contributed by atoms with Gasteiger partial charge >= 0.3 is 0 Å². The highest BCUT2D eigenvalue weighted by atomic mass is 19.1. The number of halogens is 1. The minimum atomic E-state index is -0.667. The standard InChI is InChI=1S/2C13H22.C13H20.C12H18.C11H16.C11H22.C10H14.C9H12.C3H7F/c1-9(2)13-6-10-3-11(7-13)5-12(4-10)8-13;1-8(2)13-11-4-9-3-10(6-11)7-12(13)5-9;1-5-11-8-7-9-12(6-2)13(11)10(3)4;1-8(2)12-10(4)6-9(3)7-11(12)5;1-8(2)11-9(3)6-5-7-10(11)4;1-10(2)11-8-6-4-3-5-7-9-11;1-8(2)10-7-5-4-6-9(10)3;1-8(2)9-6-4-3-5-7-9;1-3(2)4/h9-12H,3-8H2,1-2H3;8-13H,3-7H2,1-2H3;7-10H,5-6H2,1-4H3;6-8H,1-5H3;5-8H,1-4H3;10-11H,3-9H2,1-2H3;4-8H,1-3H3;3-8H,1-2H3;3H,1-2H3/i;;;;;;4D,5D,6D,7D;;. The number of alkyl halides is 1. The molecule has 0 heterocycles. The Bertz CT molecular complexity index is 2970. The molecule has 5 aromatic carbocycles. The first kappa shape index (κ1) is 77.8. The molecule has 0 saturated heterocycles. The van der Waals surface area contributed by atoms with Gasteiger partial charge in [-0.25, -0.2) is 4.39 Å². The smallest absolute Gasteiger partial charge is 0.0945 e. The van der Waals surface area contributed by atoms with Crippen LogP contribution in [0.15, 0.2) is 103 Å². The Labute approximate surface area is 602 Å². The fourth-order valence-corrected chi connectivity index (χ4v) is 19.8. The van der Waals surface area contributed by atoms with Gasteiger partial charge in [0.2, 0.25) is 0 Å². The summed E-state index contributed by atoms with van der Waals surface area (Å²) >= 11 is 0. The van der Waals surface area contributed by atoms with Gasteiger partial charge in [0.25, 0.3) is 0 Å². The third-order valence-corrected chi connectivity index (χ3v) is 23.5. The quantitative estimate of drug-likeness (QED) is 0.131. The molecule has 0 nitrogen and oxygen atoms in total. The summed E-state index contributed by atoms with van der Waals surface area (Å²) < 4.78 is 41.3. The number of rotatable bonds is 10. The van der Waals surface area contributed by atoms with Crippen LogP contribution in [0.3, 0.4) is 0 Å². The molecule has 0 radical (unpaired) electrons. The highest BCUT2D eigenvalue weighted by Crippen LogP contribution is 2.63. The van der Waals surface area contributed by atoms with Gasteiger partial charge < -0.3 is 0 Å². The van der Waals surface area contributed by atoms with Crippen LogP contribution in [0.25, 0.3) is 0 Å². The zero-order valence-corrected chi connectivity index (χ0v) is 67.4. The van der Waals surface area contributed by atoms with E-state index < -0.39 is 6.17 Å². The summed E-state index contributed by atoms with van der Waals surface area (Å²) in [6.07, 6.45) is 29.6. The Morgan fingerprint density at radius 1 is 0.417 bits per heavy atom. The molecule has 9 aliphatic carbocycles. The average molecular weight is 1320 g/mol. The molecule has 0 amide bonds. The molecule has 0 unspecified atom stereocenters. The van der Waals surface area contributed by atoms with Crippen molar-refractivity contribution < 1.29 is 9.87 Å².